The summed E-state index contributed by atoms with van der Waals surface area (Å²) in [5.41, 5.74) is -1.65. The van der Waals surface area contributed by atoms with Crippen LogP contribution in [0.4, 0.5) is 17.6 Å². The van der Waals surface area contributed by atoms with E-state index < -0.39 is 23.5 Å². The lowest BCUT2D eigenvalue weighted by atomic mass is 9.99. The maximum Gasteiger partial charge on any atom is 0.419 e. The second kappa shape index (κ2) is 4.31. The standard InChI is InChI=1S/C10H5F4NO/c11-9-2-1-6(7(4-15)5-16)3-8(9)10(12,13)14/h1-3,5,7H. The van der Waals surface area contributed by atoms with E-state index in [1.54, 1.807) is 0 Å². The first-order valence-electron chi connectivity index (χ1n) is 4.11. The van der Waals surface area contributed by atoms with Gasteiger partial charge in [0.15, 0.2) is 0 Å². The number of alkyl halides is 3. The Balaban J connectivity index is 3.28. The minimum Gasteiger partial charge on any atom is -0.302 e. The third kappa shape index (κ3) is 2.37. The fourth-order valence-corrected chi connectivity index (χ4v) is 1.14. The van der Waals surface area contributed by atoms with Crippen molar-refractivity contribution in [3.8, 4) is 6.07 Å². The number of benzene rings is 1. The third-order valence-corrected chi connectivity index (χ3v) is 1.93. The van der Waals surface area contributed by atoms with Crippen molar-refractivity contribution in [1.82, 2.24) is 0 Å². The van der Waals surface area contributed by atoms with Crippen molar-refractivity contribution in [2.45, 2.75) is 12.1 Å². The van der Waals surface area contributed by atoms with Gasteiger partial charge in [0.05, 0.1) is 11.6 Å². The van der Waals surface area contributed by atoms with Crippen LogP contribution in [0.15, 0.2) is 18.2 Å². The van der Waals surface area contributed by atoms with Gasteiger partial charge in [0.25, 0.3) is 0 Å². The number of halogens is 4. The predicted octanol–water partition coefficient (Wildman–Crippen LogP) is 2.65. The van der Waals surface area contributed by atoms with Gasteiger partial charge in [0, 0.05) is 0 Å². The van der Waals surface area contributed by atoms with E-state index in [1.807, 2.05) is 0 Å². The second-order valence-corrected chi connectivity index (χ2v) is 2.98. The number of aldehydes is 1. The molecule has 84 valence electrons. The Morgan fingerprint density at radius 3 is 2.44 bits per heavy atom. The van der Waals surface area contributed by atoms with Crippen LogP contribution >= 0.6 is 0 Å². The Morgan fingerprint density at radius 1 is 1.38 bits per heavy atom. The maximum atomic E-state index is 12.8. The zero-order valence-corrected chi connectivity index (χ0v) is 7.75. The molecule has 0 aliphatic carbocycles. The smallest absolute Gasteiger partial charge is 0.302 e. The first-order chi connectivity index (χ1) is 7.40. The molecule has 6 heteroatoms. The molecule has 2 nitrogen and oxygen atoms in total. The normalized spacial score (nSPS) is 12.9. The highest BCUT2D eigenvalue weighted by atomic mass is 19.4. The summed E-state index contributed by atoms with van der Waals surface area (Å²) >= 11 is 0. The van der Waals surface area contributed by atoms with Crippen LogP contribution in [0.3, 0.4) is 0 Å². The molecule has 0 aliphatic rings. The fourth-order valence-electron chi connectivity index (χ4n) is 1.14. The van der Waals surface area contributed by atoms with E-state index in [0.717, 1.165) is 6.07 Å². The SMILES string of the molecule is N#CC(C=O)c1ccc(F)c(C(F)(F)F)c1. The number of nitrogens with zero attached hydrogens (tertiary/aromatic N) is 1. The van der Waals surface area contributed by atoms with E-state index >= 15 is 0 Å². The van der Waals surface area contributed by atoms with Gasteiger partial charge in [-0.3, -0.25) is 0 Å². The molecule has 0 fully saturated rings. The fraction of sp³-hybridized carbons (Fsp3) is 0.200. The van der Waals surface area contributed by atoms with Crippen molar-refractivity contribution in [2.75, 3.05) is 0 Å². The van der Waals surface area contributed by atoms with Crippen molar-refractivity contribution in [3.05, 3.63) is 35.1 Å². The monoisotopic (exact) mass is 231 g/mol. The van der Waals surface area contributed by atoms with Gasteiger partial charge in [-0.25, -0.2) is 4.39 Å². The molecular formula is C10H5F4NO. The van der Waals surface area contributed by atoms with E-state index in [0.29, 0.717) is 12.1 Å². The van der Waals surface area contributed by atoms with Gasteiger partial charge in [-0.05, 0) is 17.7 Å². The molecule has 0 heterocycles. The summed E-state index contributed by atoms with van der Waals surface area (Å²) in [6.07, 6.45) is -4.64. The van der Waals surface area contributed by atoms with Crippen LogP contribution < -0.4 is 0 Å². The lowest BCUT2D eigenvalue weighted by Gasteiger charge is -2.10. The molecule has 0 spiro atoms. The minimum absolute atomic E-state index is 0.175. The number of hydrogen-bond acceptors (Lipinski definition) is 2. The first kappa shape index (κ1) is 12.2. The Morgan fingerprint density at radius 2 is 2.00 bits per heavy atom. The van der Waals surface area contributed by atoms with Crippen molar-refractivity contribution in [2.24, 2.45) is 0 Å². The van der Waals surface area contributed by atoms with E-state index in [-0.39, 0.29) is 11.8 Å². The molecule has 0 aliphatic heterocycles. The summed E-state index contributed by atoms with van der Waals surface area (Å²) < 4.78 is 49.7. The minimum atomic E-state index is -4.84. The molecule has 0 N–H and O–H groups in total. The molecular weight excluding hydrogens is 226 g/mol. The van der Waals surface area contributed by atoms with Gasteiger partial charge in [-0.1, -0.05) is 6.07 Å². The molecule has 0 amide bonds. The largest absolute Gasteiger partial charge is 0.419 e. The number of nitriles is 1. The van der Waals surface area contributed by atoms with E-state index in [9.17, 15) is 22.4 Å². The summed E-state index contributed by atoms with van der Waals surface area (Å²) in [7, 11) is 0. The van der Waals surface area contributed by atoms with Gasteiger partial charge in [0.2, 0.25) is 0 Å². The Hall–Kier alpha value is -1.90. The van der Waals surface area contributed by atoms with Crippen molar-refractivity contribution in [3.63, 3.8) is 0 Å². The highest BCUT2D eigenvalue weighted by Gasteiger charge is 2.34. The molecule has 1 aromatic carbocycles. The van der Waals surface area contributed by atoms with Crippen LogP contribution in [-0.4, -0.2) is 6.29 Å². The zero-order valence-electron chi connectivity index (χ0n) is 7.75. The lowest BCUT2D eigenvalue weighted by molar-refractivity contribution is -0.140. The van der Waals surface area contributed by atoms with E-state index in [1.165, 1.54) is 6.07 Å². The summed E-state index contributed by atoms with van der Waals surface area (Å²) in [6.45, 7) is 0. The highest BCUT2D eigenvalue weighted by molar-refractivity contribution is 5.66. The molecule has 1 rings (SSSR count). The highest BCUT2D eigenvalue weighted by Crippen LogP contribution is 2.32. The van der Waals surface area contributed by atoms with Gasteiger partial charge in [-0.2, -0.15) is 18.4 Å². The predicted molar refractivity (Wildman–Crippen MR) is 45.8 cm³/mol. The van der Waals surface area contributed by atoms with E-state index in [2.05, 4.69) is 0 Å². The molecule has 0 bridgehead atoms. The average Bonchev–Trinajstić information content (AvgIpc) is 2.20. The van der Waals surface area contributed by atoms with Crippen LogP contribution in [0.25, 0.3) is 0 Å². The summed E-state index contributed by atoms with van der Waals surface area (Å²) in [6, 6.07) is 3.55. The van der Waals surface area contributed by atoms with Crippen molar-refractivity contribution >= 4 is 6.29 Å². The number of hydrogen-bond donors (Lipinski definition) is 0. The molecule has 0 saturated carbocycles. The summed E-state index contributed by atoms with van der Waals surface area (Å²) in [4.78, 5) is 10.4. The molecule has 16 heavy (non-hydrogen) atoms. The molecule has 1 unspecified atom stereocenters. The van der Waals surface area contributed by atoms with Gasteiger partial charge in [-0.15, -0.1) is 0 Å². The Bertz CT molecular complexity index is 447. The lowest BCUT2D eigenvalue weighted by Crippen LogP contribution is -2.10. The molecule has 0 aromatic heterocycles. The van der Waals surface area contributed by atoms with Gasteiger partial charge >= 0.3 is 6.18 Å². The van der Waals surface area contributed by atoms with Crippen LogP contribution in [0.5, 0.6) is 0 Å². The topological polar surface area (TPSA) is 40.9 Å². The van der Waals surface area contributed by atoms with Crippen LogP contribution in [0.2, 0.25) is 0 Å². The van der Waals surface area contributed by atoms with Crippen molar-refractivity contribution < 1.29 is 22.4 Å². The second-order valence-electron chi connectivity index (χ2n) is 2.98. The quantitative estimate of drug-likeness (QED) is 0.579. The number of carbonyl (C=O) groups excluding carboxylic acids is 1. The van der Waals surface area contributed by atoms with E-state index in [4.69, 9.17) is 5.26 Å². The number of carbonyl (C=O) groups is 1. The number of rotatable bonds is 2. The Kier molecular flexibility index (Phi) is 3.28. The third-order valence-electron chi connectivity index (χ3n) is 1.93. The van der Waals surface area contributed by atoms with Crippen molar-refractivity contribution in [1.29, 1.82) is 5.26 Å². The van der Waals surface area contributed by atoms with Crippen LogP contribution in [0.1, 0.15) is 17.0 Å². The van der Waals surface area contributed by atoms with Gasteiger partial charge in [0.1, 0.15) is 18.0 Å². The zero-order chi connectivity index (χ0) is 12.3. The maximum absolute atomic E-state index is 12.8. The van der Waals surface area contributed by atoms with Crippen LogP contribution in [-0.2, 0) is 11.0 Å². The summed E-state index contributed by atoms with van der Waals surface area (Å²) in [5.74, 6) is -2.75. The van der Waals surface area contributed by atoms with Crippen LogP contribution in [0, 0.1) is 17.1 Å². The average molecular weight is 231 g/mol. The Labute approximate surface area is 88.1 Å². The summed E-state index contributed by atoms with van der Waals surface area (Å²) in [5, 5.41) is 8.49. The first-order valence-corrected chi connectivity index (χ1v) is 4.11. The molecule has 0 saturated heterocycles. The van der Waals surface area contributed by atoms with Gasteiger partial charge < -0.3 is 4.79 Å². The molecule has 0 radical (unpaired) electrons. The molecule has 1 atom stereocenters. The molecule has 1 aromatic rings.